The molecule has 0 spiro atoms. The number of hydrogen-bond acceptors (Lipinski definition) is 5. The van der Waals surface area contributed by atoms with Crippen LogP contribution in [0, 0.1) is 6.92 Å². The number of aromatic carboxylic acids is 1. The van der Waals surface area contributed by atoms with Crippen molar-refractivity contribution < 1.29 is 14.3 Å². The highest BCUT2D eigenvalue weighted by atomic mass is 16.4. The minimum atomic E-state index is -0.985. The molecule has 2 aromatic rings. The zero-order chi connectivity index (χ0) is 14.7. The van der Waals surface area contributed by atoms with Crippen molar-refractivity contribution in [3.05, 3.63) is 41.2 Å². The average Bonchev–Trinajstić information content (AvgIpc) is 2.78. The third kappa shape index (κ3) is 3.14. The molecule has 2 N–H and O–H groups in total. The van der Waals surface area contributed by atoms with Crippen molar-refractivity contribution in [2.45, 2.75) is 33.2 Å². The Labute approximate surface area is 116 Å². The number of rotatable bonds is 5. The molecule has 0 fully saturated rings. The predicted molar refractivity (Wildman–Crippen MR) is 73.9 cm³/mol. The van der Waals surface area contributed by atoms with Gasteiger partial charge in [-0.15, -0.1) is 0 Å². The molecule has 106 valence electrons. The average molecular weight is 275 g/mol. The summed E-state index contributed by atoms with van der Waals surface area (Å²) in [6, 6.07) is 3.40. The van der Waals surface area contributed by atoms with E-state index in [1.165, 1.54) is 12.4 Å². The smallest absolute Gasteiger partial charge is 0.339 e. The van der Waals surface area contributed by atoms with Crippen LogP contribution in [-0.2, 0) is 6.54 Å². The summed E-state index contributed by atoms with van der Waals surface area (Å²) in [7, 11) is 0. The summed E-state index contributed by atoms with van der Waals surface area (Å²) >= 11 is 0. The van der Waals surface area contributed by atoms with E-state index in [2.05, 4.69) is 29.1 Å². The second kappa shape index (κ2) is 5.73. The van der Waals surface area contributed by atoms with Gasteiger partial charge in [0.1, 0.15) is 29.2 Å². The Balaban J connectivity index is 2.07. The van der Waals surface area contributed by atoms with Crippen LogP contribution in [0.2, 0.25) is 0 Å². The van der Waals surface area contributed by atoms with Gasteiger partial charge in [0.15, 0.2) is 0 Å². The van der Waals surface area contributed by atoms with Crippen LogP contribution >= 0.6 is 0 Å². The highest BCUT2D eigenvalue weighted by Crippen LogP contribution is 2.17. The molecule has 0 aliphatic rings. The third-order valence-corrected chi connectivity index (χ3v) is 2.92. The molecular weight excluding hydrogens is 258 g/mol. The van der Waals surface area contributed by atoms with Crippen molar-refractivity contribution in [1.29, 1.82) is 0 Å². The fourth-order valence-corrected chi connectivity index (χ4v) is 1.81. The van der Waals surface area contributed by atoms with Crippen LogP contribution in [0.1, 0.15) is 47.3 Å². The van der Waals surface area contributed by atoms with Gasteiger partial charge in [-0.2, -0.15) is 0 Å². The minimum absolute atomic E-state index is 0.187. The number of hydrogen-bond donors (Lipinski definition) is 2. The van der Waals surface area contributed by atoms with Crippen LogP contribution in [0.3, 0.4) is 0 Å². The fourth-order valence-electron chi connectivity index (χ4n) is 1.81. The Morgan fingerprint density at radius 3 is 2.75 bits per heavy atom. The molecule has 2 heterocycles. The SMILES string of the molecule is Cc1oc(CNc2cc(C(C)C)ncn2)cc1C(=O)O. The zero-order valence-corrected chi connectivity index (χ0v) is 11.7. The first-order chi connectivity index (χ1) is 9.47. The van der Waals surface area contributed by atoms with Gasteiger partial charge in [0.05, 0.1) is 6.54 Å². The summed E-state index contributed by atoms with van der Waals surface area (Å²) in [5.41, 5.74) is 1.14. The number of carboxylic acids is 1. The Bertz CT molecular complexity index is 620. The summed E-state index contributed by atoms with van der Waals surface area (Å²) in [4.78, 5) is 19.2. The first kappa shape index (κ1) is 14.0. The van der Waals surface area contributed by atoms with E-state index >= 15 is 0 Å². The number of nitrogens with one attached hydrogen (secondary N) is 1. The second-order valence-electron chi connectivity index (χ2n) is 4.82. The highest BCUT2D eigenvalue weighted by Gasteiger charge is 2.13. The van der Waals surface area contributed by atoms with E-state index in [0.717, 1.165) is 5.69 Å². The molecule has 2 aromatic heterocycles. The largest absolute Gasteiger partial charge is 0.478 e. The summed E-state index contributed by atoms with van der Waals surface area (Å²) < 4.78 is 5.39. The number of carbonyl (C=O) groups is 1. The summed E-state index contributed by atoms with van der Waals surface area (Å²) in [6.45, 7) is 6.12. The van der Waals surface area contributed by atoms with Crippen molar-refractivity contribution in [3.63, 3.8) is 0 Å². The molecule has 0 unspecified atom stereocenters. The predicted octanol–water partition coefficient (Wildman–Crippen LogP) is 2.81. The molecule has 0 bridgehead atoms. The number of anilines is 1. The maximum absolute atomic E-state index is 10.9. The normalized spacial score (nSPS) is 10.8. The lowest BCUT2D eigenvalue weighted by molar-refractivity contribution is 0.0695. The molecular formula is C14H17N3O3. The monoisotopic (exact) mass is 275 g/mol. The van der Waals surface area contributed by atoms with Crippen molar-refractivity contribution in [2.75, 3.05) is 5.32 Å². The van der Waals surface area contributed by atoms with Gasteiger partial charge in [-0.05, 0) is 18.9 Å². The fraction of sp³-hybridized carbons (Fsp3) is 0.357. The van der Waals surface area contributed by atoms with Gasteiger partial charge in [-0.25, -0.2) is 14.8 Å². The first-order valence-electron chi connectivity index (χ1n) is 6.35. The van der Waals surface area contributed by atoms with Crippen LogP contribution in [0.5, 0.6) is 0 Å². The van der Waals surface area contributed by atoms with E-state index in [9.17, 15) is 4.79 Å². The second-order valence-corrected chi connectivity index (χ2v) is 4.82. The summed E-state index contributed by atoms with van der Waals surface area (Å²) in [5.74, 6) is 0.990. The molecule has 20 heavy (non-hydrogen) atoms. The maximum atomic E-state index is 10.9. The quantitative estimate of drug-likeness (QED) is 0.872. The number of nitrogens with zero attached hydrogens (tertiary/aromatic N) is 2. The summed E-state index contributed by atoms with van der Waals surface area (Å²) in [5, 5.41) is 12.1. The number of furan rings is 1. The van der Waals surface area contributed by atoms with Crippen molar-refractivity contribution in [2.24, 2.45) is 0 Å². The molecule has 6 nitrogen and oxygen atoms in total. The minimum Gasteiger partial charge on any atom is -0.478 e. The Morgan fingerprint density at radius 1 is 1.40 bits per heavy atom. The molecule has 0 amide bonds. The third-order valence-electron chi connectivity index (χ3n) is 2.92. The summed E-state index contributed by atoms with van der Waals surface area (Å²) in [6.07, 6.45) is 1.51. The maximum Gasteiger partial charge on any atom is 0.339 e. The van der Waals surface area contributed by atoms with Crippen LogP contribution in [0.4, 0.5) is 5.82 Å². The van der Waals surface area contributed by atoms with Gasteiger partial charge in [-0.1, -0.05) is 13.8 Å². The van der Waals surface area contributed by atoms with E-state index in [4.69, 9.17) is 9.52 Å². The van der Waals surface area contributed by atoms with E-state index < -0.39 is 5.97 Å². The van der Waals surface area contributed by atoms with Gasteiger partial charge < -0.3 is 14.8 Å². The van der Waals surface area contributed by atoms with Gasteiger partial charge in [0.25, 0.3) is 0 Å². The number of carboxylic acid groups (broad SMARTS) is 1. The van der Waals surface area contributed by atoms with E-state index in [1.54, 1.807) is 6.92 Å². The van der Waals surface area contributed by atoms with Crippen LogP contribution in [-0.4, -0.2) is 21.0 Å². The van der Waals surface area contributed by atoms with Gasteiger partial charge in [0.2, 0.25) is 0 Å². The molecule has 2 rings (SSSR count). The Hall–Kier alpha value is -2.37. The first-order valence-corrected chi connectivity index (χ1v) is 6.35. The standard InChI is InChI=1S/C14H17N3O3/c1-8(2)12-5-13(17-7-16-12)15-6-10-4-11(14(18)19)9(3)20-10/h4-5,7-8H,6H2,1-3H3,(H,18,19)(H,15,16,17). The van der Waals surface area contributed by atoms with E-state index in [-0.39, 0.29) is 5.56 Å². The highest BCUT2D eigenvalue weighted by molar-refractivity contribution is 5.88. The van der Waals surface area contributed by atoms with Crippen molar-refractivity contribution in [3.8, 4) is 0 Å². The number of aryl methyl sites for hydroxylation is 1. The molecule has 0 aliphatic heterocycles. The lowest BCUT2D eigenvalue weighted by Crippen LogP contribution is -2.03. The number of aromatic nitrogens is 2. The van der Waals surface area contributed by atoms with Gasteiger partial charge >= 0.3 is 5.97 Å². The topological polar surface area (TPSA) is 88.3 Å². The van der Waals surface area contributed by atoms with E-state index in [0.29, 0.717) is 29.8 Å². The van der Waals surface area contributed by atoms with Crippen LogP contribution in [0.15, 0.2) is 22.9 Å². The molecule has 0 saturated heterocycles. The van der Waals surface area contributed by atoms with Crippen LogP contribution < -0.4 is 5.32 Å². The molecule has 0 aromatic carbocycles. The molecule has 0 aliphatic carbocycles. The van der Waals surface area contributed by atoms with Crippen molar-refractivity contribution in [1.82, 2.24) is 9.97 Å². The molecule has 0 saturated carbocycles. The van der Waals surface area contributed by atoms with E-state index in [1.807, 2.05) is 6.07 Å². The lowest BCUT2D eigenvalue weighted by atomic mass is 10.1. The Kier molecular flexibility index (Phi) is 4.02. The molecule has 0 atom stereocenters. The van der Waals surface area contributed by atoms with Crippen LogP contribution in [0.25, 0.3) is 0 Å². The van der Waals surface area contributed by atoms with Gasteiger partial charge in [0, 0.05) is 11.8 Å². The molecule has 6 heteroatoms. The Morgan fingerprint density at radius 2 is 2.15 bits per heavy atom. The van der Waals surface area contributed by atoms with Gasteiger partial charge in [-0.3, -0.25) is 0 Å². The van der Waals surface area contributed by atoms with Crippen molar-refractivity contribution >= 4 is 11.8 Å². The molecule has 0 radical (unpaired) electrons. The zero-order valence-electron chi connectivity index (χ0n) is 11.7. The lowest BCUT2D eigenvalue weighted by Gasteiger charge is -2.07.